The number of carbonyl (C=O) groups excluding carboxylic acids is 1. The van der Waals surface area contributed by atoms with Crippen molar-refractivity contribution in [3.05, 3.63) is 0 Å². The number of hydrogen-bond donors (Lipinski definition) is 0. The van der Waals surface area contributed by atoms with E-state index in [2.05, 4.69) is 20.8 Å². The van der Waals surface area contributed by atoms with Gasteiger partial charge in [0.1, 0.15) is 5.78 Å². The SMILES string of the molecule is CCCCCCC(CCC(=O)C(C)CC)OCCCCC. The summed E-state index contributed by atoms with van der Waals surface area (Å²) in [6, 6.07) is 0. The molecule has 0 rings (SSSR count). The minimum absolute atomic E-state index is 0.214. The van der Waals surface area contributed by atoms with E-state index in [9.17, 15) is 4.79 Å². The molecule has 0 aliphatic rings. The molecule has 0 heterocycles. The number of carbonyl (C=O) groups is 1. The van der Waals surface area contributed by atoms with Gasteiger partial charge < -0.3 is 4.74 Å². The Hall–Kier alpha value is -0.370. The van der Waals surface area contributed by atoms with Crippen LogP contribution in [0, 0.1) is 5.92 Å². The van der Waals surface area contributed by atoms with E-state index >= 15 is 0 Å². The van der Waals surface area contributed by atoms with E-state index in [1.165, 1.54) is 38.5 Å². The standard InChI is InChI=1S/C19H38O2/c1-5-8-10-11-13-18(21-16-12-9-6-2)14-15-19(20)17(4)7-3/h17-18H,5-16H2,1-4H3. The summed E-state index contributed by atoms with van der Waals surface area (Å²) in [5.41, 5.74) is 0. The lowest BCUT2D eigenvalue weighted by atomic mass is 9.97. The van der Waals surface area contributed by atoms with Crippen LogP contribution in [-0.2, 0) is 9.53 Å². The van der Waals surface area contributed by atoms with E-state index in [1.54, 1.807) is 0 Å². The first-order valence-corrected chi connectivity index (χ1v) is 9.29. The van der Waals surface area contributed by atoms with Gasteiger partial charge in [0.25, 0.3) is 0 Å². The van der Waals surface area contributed by atoms with Crippen LogP contribution in [0.5, 0.6) is 0 Å². The van der Waals surface area contributed by atoms with E-state index in [0.717, 1.165) is 32.3 Å². The highest BCUT2D eigenvalue weighted by atomic mass is 16.5. The van der Waals surface area contributed by atoms with Gasteiger partial charge in [-0.05, 0) is 25.7 Å². The van der Waals surface area contributed by atoms with E-state index in [0.29, 0.717) is 18.3 Å². The molecule has 0 N–H and O–H groups in total. The van der Waals surface area contributed by atoms with Crippen LogP contribution in [0.3, 0.4) is 0 Å². The Kier molecular flexibility index (Phi) is 14.3. The average Bonchev–Trinajstić information content (AvgIpc) is 2.51. The molecule has 0 amide bonds. The number of hydrogen-bond acceptors (Lipinski definition) is 2. The molecule has 0 radical (unpaired) electrons. The Labute approximate surface area is 133 Å². The molecule has 0 aromatic heterocycles. The Morgan fingerprint density at radius 3 is 2.19 bits per heavy atom. The molecule has 0 spiro atoms. The maximum atomic E-state index is 12.0. The van der Waals surface area contributed by atoms with Gasteiger partial charge in [0.05, 0.1) is 6.10 Å². The molecule has 2 atom stereocenters. The summed E-state index contributed by atoms with van der Waals surface area (Å²) < 4.78 is 6.04. The molecular formula is C19H38O2. The minimum Gasteiger partial charge on any atom is -0.378 e. The Morgan fingerprint density at radius 1 is 0.905 bits per heavy atom. The lowest BCUT2D eigenvalue weighted by Crippen LogP contribution is -2.18. The third-order valence-corrected chi connectivity index (χ3v) is 4.36. The first-order chi connectivity index (χ1) is 10.2. The molecule has 0 saturated carbocycles. The molecule has 126 valence electrons. The van der Waals surface area contributed by atoms with Crippen LogP contribution in [-0.4, -0.2) is 18.5 Å². The fourth-order valence-corrected chi connectivity index (χ4v) is 2.49. The van der Waals surface area contributed by atoms with Gasteiger partial charge in [-0.1, -0.05) is 66.2 Å². The van der Waals surface area contributed by atoms with E-state index in [-0.39, 0.29) is 5.92 Å². The molecular weight excluding hydrogens is 260 g/mol. The lowest BCUT2D eigenvalue weighted by molar-refractivity contribution is -0.123. The summed E-state index contributed by atoms with van der Waals surface area (Å²) in [6.07, 6.45) is 12.7. The van der Waals surface area contributed by atoms with Crippen LogP contribution >= 0.6 is 0 Å². The summed E-state index contributed by atoms with van der Waals surface area (Å²) in [5, 5.41) is 0. The van der Waals surface area contributed by atoms with Crippen molar-refractivity contribution >= 4 is 5.78 Å². The lowest BCUT2D eigenvalue weighted by Gasteiger charge is -2.18. The summed E-state index contributed by atoms with van der Waals surface area (Å²) in [6.45, 7) is 9.45. The average molecular weight is 299 g/mol. The number of unbranched alkanes of at least 4 members (excludes halogenated alkanes) is 5. The molecule has 0 bridgehead atoms. The summed E-state index contributed by atoms with van der Waals surface area (Å²) in [4.78, 5) is 12.0. The van der Waals surface area contributed by atoms with Crippen LogP contribution in [0.4, 0.5) is 0 Å². The molecule has 2 nitrogen and oxygen atoms in total. The summed E-state index contributed by atoms with van der Waals surface area (Å²) >= 11 is 0. The van der Waals surface area contributed by atoms with Gasteiger partial charge in [0.15, 0.2) is 0 Å². The van der Waals surface area contributed by atoms with E-state index in [1.807, 2.05) is 6.92 Å². The van der Waals surface area contributed by atoms with Crippen LogP contribution in [0.15, 0.2) is 0 Å². The maximum absolute atomic E-state index is 12.0. The molecule has 0 saturated heterocycles. The van der Waals surface area contributed by atoms with Crippen molar-refractivity contribution in [2.75, 3.05) is 6.61 Å². The van der Waals surface area contributed by atoms with E-state index in [4.69, 9.17) is 4.74 Å². The topological polar surface area (TPSA) is 26.3 Å². The maximum Gasteiger partial charge on any atom is 0.135 e. The predicted octanol–water partition coefficient (Wildman–Crippen LogP) is 5.93. The third kappa shape index (κ3) is 11.9. The van der Waals surface area contributed by atoms with Crippen molar-refractivity contribution in [1.29, 1.82) is 0 Å². The predicted molar refractivity (Wildman–Crippen MR) is 91.7 cm³/mol. The highest BCUT2D eigenvalue weighted by Gasteiger charge is 2.15. The van der Waals surface area contributed by atoms with Gasteiger partial charge in [-0.3, -0.25) is 4.79 Å². The Morgan fingerprint density at radius 2 is 1.57 bits per heavy atom. The number of Topliss-reactive ketones (excluding diaryl/α,β-unsaturated/α-hetero) is 1. The number of ether oxygens (including phenoxy) is 1. The van der Waals surface area contributed by atoms with Gasteiger partial charge in [0, 0.05) is 18.9 Å². The van der Waals surface area contributed by atoms with Gasteiger partial charge >= 0.3 is 0 Å². The third-order valence-electron chi connectivity index (χ3n) is 4.36. The first-order valence-electron chi connectivity index (χ1n) is 9.29. The number of ketones is 1. The quantitative estimate of drug-likeness (QED) is 0.350. The fraction of sp³-hybridized carbons (Fsp3) is 0.947. The zero-order chi connectivity index (χ0) is 15.9. The first kappa shape index (κ1) is 20.6. The Bertz CT molecular complexity index is 226. The highest BCUT2D eigenvalue weighted by Crippen LogP contribution is 2.16. The van der Waals surface area contributed by atoms with Crippen LogP contribution in [0.1, 0.15) is 98.3 Å². The second-order valence-electron chi connectivity index (χ2n) is 6.36. The monoisotopic (exact) mass is 298 g/mol. The van der Waals surface area contributed by atoms with E-state index < -0.39 is 0 Å². The molecule has 0 aromatic carbocycles. The van der Waals surface area contributed by atoms with Crippen molar-refractivity contribution in [3.63, 3.8) is 0 Å². The zero-order valence-electron chi connectivity index (χ0n) is 15.0. The molecule has 21 heavy (non-hydrogen) atoms. The Balaban J connectivity index is 4.01. The number of rotatable bonds is 15. The highest BCUT2D eigenvalue weighted by molar-refractivity contribution is 5.80. The van der Waals surface area contributed by atoms with Crippen LogP contribution in [0.2, 0.25) is 0 Å². The smallest absolute Gasteiger partial charge is 0.135 e. The van der Waals surface area contributed by atoms with Crippen molar-refractivity contribution in [1.82, 2.24) is 0 Å². The van der Waals surface area contributed by atoms with Gasteiger partial charge in [-0.2, -0.15) is 0 Å². The van der Waals surface area contributed by atoms with Crippen molar-refractivity contribution in [2.45, 2.75) is 104 Å². The second-order valence-corrected chi connectivity index (χ2v) is 6.36. The van der Waals surface area contributed by atoms with Gasteiger partial charge in [-0.25, -0.2) is 0 Å². The van der Waals surface area contributed by atoms with Crippen molar-refractivity contribution in [3.8, 4) is 0 Å². The van der Waals surface area contributed by atoms with Crippen LogP contribution < -0.4 is 0 Å². The fourth-order valence-electron chi connectivity index (χ4n) is 2.49. The normalized spacial score (nSPS) is 14.1. The molecule has 2 unspecified atom stereocenters. The van der Waals surface area contributed by atoms with Crippen molar-refractivity contribution < 1.29 is 9.53 Å². The van der Waals surface area contributed by atoms with Gasteiger partial charge in [0.2, 0.25) is 0 Å². The summed E-state index contributed by atoms with van der Waals surface area (Å²) in [7, 11) is 0. The largest absolute Gasteiger partial charge is 0.378 e. The van der Waals surface area contributed by atoms with Gasteiger partial charge in [-0.15, -0.1) is 0 Å². The molecule has 0 aliphatic heterocycles. The summed E-state index contributed by atoms with van der Waals surface area (Å²) in [5.74, 6) is 0.624. The van der Waals surface area contributed by atoms with Crippen LogP contribution in [0.25, 0.3) is 0 Å². The molecule has 0 fully saturated rings. The molecule has 0 aromatic rings. The molecule has 0 aliphatic carbocycles. The van der Waals surface area contributed by atoms with Crippen molar-refractivity contribution in [2.24, 2.45) is 5.92 Å². The minimum atomic E-state index is 0.214. The second kappa shape index (κ2) is 14.6. The zero-order valence-corrected chi connectivity index (χ0v) is 15.0. The molecule has 2 heteroatoms.